The van der Waals surface area contributed by atoms with Crippen molar-refractivity contribution >= 4 is 0 Å². The Bertz CT molecular complexity index is 389. The SMILES string of the molecule is CCC(C)(CN)N(C)Cc1cc(OC)cc(C)n1. The standard InChI is InChI=1S/C14H25N3O/c1-6-14(3,10-15)17(4)9-12-8-13(18-5)7-11(2)16-12/h7-8H,6,9-10,15H2,1-5H3. The van der Waals surface area contributed by atoms with E-state index in [4.69, 9.17) is 10.5 Å². The molecule has 102 valence electrons. The van der Waals surface area contributed by atoms with Gasteiger partial charge in [0, 0.05) is 36.5 Å². The number of likely N-dealkylation sites (N-methyl/N-ethyl adjacent to an activating group) is 1. The molecule has 0 radical (unpaired) electrons. The molecule has 0 saturated carbocycles. The molecule has 1 rings (SSSR count). The predicted molar refractivity (Wildman–Crippen MR) is 74.7 cm³/mol. The topological polar surface area (TPSA) is 51.4 Å². The van der Waals surface area contributed by atoms with Gasteiger partial charge in [-0.05, 0) is 27.3 Å². The van der Waals surface area contributed by atoms with Crippen LogP contribution in [0.5, 0.6) is 5.75 Å². The van der Waals surface area contributed by atoms with E-state index >= 15 is 0 Å². The Balaban J connectivity index is 2.87. The summed E-state index contributed by atoms with van der Waals surface area (Å²) in [5, 5.41) is 0. The zero-order chi connectivity index (χ0) is 13.8. The molecule has 1 aromatic rings. The molecule has 4 nitrogen and oxygen atoms in total. The highest BCUT2D eigenvalue weighted by Gasteiger charge is 2.25. The average Bonchev–Trinajstić information content (AvgIpc) is 2.36. The van der Waals surface area contributed by atoms with Gasteiger partial charge in [0.15, 0.2) is 0 Å². The number of methoxy groups -OCH3 is 1. The second kappa shape index (κ2) is 6.16. The summed E-state index contributed by atoms with van der Waals surface area (Å²) in [5.74, 6) is 0.858. The van der Waals surface area contributed by atoms with E-state index in [1.807, 2.05) is 19.1 Å². The highest BCUT2D eigenvalue weighted by atomic mass is 16.5. The molecule has 0 bridgehead atoms. The highest BCUT2D eigenvalue weighted by molar-refractivity contribution is 5.26. The van der Waals surface area contributed by atoms with Crippen molar-refractivity contribution in [1.29, 1.82) is 0 Å². The van der Waals surface area contributed by atoms with Crippen molar-refractivity contribution < 1.29 is 4.74 Å². The van der Waals surface area contributed by atoms with Crippen LogP contribution >= 0.6 is 0 Å². The van der Waals surface area contributed by atoms with E-state index in [0.717, 1.165) is 30.1 Å². The molecular weight excluding hydrogens is 226 g/mol. The summed E-state index contributed by atoms with van der Waals surface area (Å²) in [4.78, 5) is 6.80. The largest absolute Gasteiger partial charge is 0.497 e. The van der Waals surface area contributed by atoms with Crippen LogP contribution < -0.4 is 10.5 Å². The molecule has 18 heavy (non-hydrogen) atoms. The highest BCUT2D eigenvalue weighted by Crippen LogP contribution is 2.20. The number of nitrogens with zero attached hydrogens (tertiary/aromatic N) is 2. The lowest BCUT2D eigenvalue weighted by Gasteiger charge is -2.37. The van der Waals surface area contributed by atoms with Gasteiger partial charge in [0.1, 0.15) is 5.75 Å². The molecule has 4 heteroatoms. The van der Waals surface area contributed by atoms with E-state index in [9.17, 15) is 0 Å². The van der Waals surface area contributed by atoms with Crippen LogP contribution in [0.1, 0.15) is 31.7 Å². The Morgan fingerprint density at radius 2 is 2.11 bits per heavy atom. The monoisotopic (exact) mass is 251 g/mol. The predicted octanol–water partition coefficient (Wildman–Crippen LogP) is 1.96. The molecule has 1 atom stereocenters. The second-order valence-corrected chi connectivity index (χ2v) is 5.05. The van der Waals surface area contributed by atoms with Gasteiger partial charge in [0.25, 0.3) is 0 Å². The van der Waals surface area contributed by atoms with Crippen LogP contribution in [0.2, 0.25) is 0 Å². The van der Waals surface area contributed by atoms with Crippen LogP contribution in [-0.2, 0) is 6.54 Å². The summed E-state index contributed by atoms with van der Waals surface area (Å²) in [5.41, 5.74) is 7.88. The molecule has 0 aliphatic rings. The first-order valence-electron chi connectivity index (χ1n) is 6.38. The van der Waals surface area contributed by atoms with E-state index in [1.165, 1.54) is 0 Å². The van der Waals surface area contributed by atoms with Crippen molar-refractivity contribution in [3.8, 4) is 5.75 Å². The molecule has 0 saturated heterocycles. The Kier molecular flexibility index (Phi) is 5.11. The number of pyridine rings is 1. The lowest BCUT2D eigenvalue weighted by Crippen LogP contribution is -2.48. The first-order chi connectivity index (χ1) is 8.45. The molecule has 0 aliphatic carbocycles. The second-order valence-electron chi connectivity index (χ2n) is 5.05. The molecule has 0 amide bonds. The van der Waals surface area contributed by atoms with Gasteiger partial charge in [-0.25, -0.2) is 0 Å². The normalized spacial score (nSPS) is 14.6. The summed E-state index contributed by atoms with van der Waals surface area (Å²) < 4.78 is 5.27. The number of nitrogens with two attached hydrogens (primary N) is 1. The molecule has 0 aliphatic heterocycles. The Labute approximate surface area is 110 Å². The Morgan fingerprint density at radius 3 is 2.61 bits per heavy atom. The summed E-state index contributed by atoms with van der Waals surface area (Å²) in [6, 6.07) is 3.92. The minimum Gasteiger partial charge on any atom is -0.497 e. The first kappa shape index (κ1) is 14.9. The van der Waals surface area contributed by atoms with Crippen molar-refractivity contribution in [3.05, 3.63) is 23.5 Å². The minimum absolute atomic E-state index is 0.0126. The van der Waals surface area contributed by atoms with Gasteiger partial charge in [-0.2, -0.15) is 0 Å². The Morgan fingerprint density at radius 1 is 1.44 bits per heavy atom. The number of hydrogen-bond donors (Lipinski definition) is 1. The molecule has 1 heterocycles. The quantitative estimate of drug-likeness (QED) is 0.839. The van der Waals surface area contributed by atoms with Crippen molar-refractivity contribution in [2.75, 3.05) is 20.7 Å². The van der Waals surface area contributed by atoms with Gasteiger partial charge in [-0.1, -0.05) is 6.92 Å². The van der Waals surface area contributed by atoms with Gasteiger partial charge in [0.05, 0.1) is 12.8 Å². The van der Waals surface area contributed by atoms with Crippen LogP contribution in [0.4, 0.5) is 0 Å². The van der Waals surface area contributed by atoms with Crippen LogP contribution in [0.15, 0.2) is 12.1 Å². The summed E-state index contributed by atoms with van der Waals surface area (Å²) in [6.07, 6.45) is 1.02. The molecule has 0 aromatic carbocycles. The van der Waals surface area contributed by atoms with Crippen LogP contribution in [0.25, 0.3) is 0 Å². The third kappa shape index (κ3) is 3.43. The summed E-state index contributed by atoms with van der Waals surface area (Å²) >= 11 is 0. The molecule has 2 N–H and O–H groups in total. The van der Waals surface area contributed by atoms with Crippen molar-refractivity contribution in [2.45, 2.75) is 39.3 Å². The van der Waals surface area contributed by atoms with Crippen molar-refractivity contribution in [2.24, 2.45) is 5.73 Å². The first-order valence-corrected chi connectivity index (χ1v) is 6.38. The number of hydrogen-bond acceptors (Lipinski definition) is 4. The molecule has 0 spiro atoms. The Hall–Kier alpha value is -1.13. The van der Waals surface area contributed by atoms with Crippen LogP contribution in [-0.4, -0.2) is 36.1 Å². The van der Waals surface area contributed by atoms with Gasteiger partial charge >= 0.3 is 0 Å². The van der Waals surface area contributed by atoms with E-state index in [2.05, 4.69) is 30.8 Å². The van der Waals surface area contributed by atoms with Gasteiger partial charge in [-0.3, -0.25) is 9.88 Å². The lowest BCUT2D eigenvalue weighted by atomic mass is 9.97. The fourth-order valence-electron chi connectivity index (χ4n) is 1.91. The lowest BCUT2D eigenvalue weighted by molar-refractivity contribution is 0.130. The molecule has 1 aromatic heterocycles. The van der Waals surface area contributed by atoms with Gasteiger partial charge in [-0.15, -0.1) is 0 Å². The summed E-state index contributed by atoms with van der Waals surface area (Å²) in [6.45, 7) is 7.74. The number of rotatable bonds is 6. The smallest absolute Gasteiger partial charge is 0.122 e. The number of ether oxygens (including phenoxy) is 1. The van der Waals surface area contributed by atoms with Crippen LogP contribution in [0.3, 0.4) is 0 Å². The van der Waals surface area contributed by atoms with E-state index in [-0.39, 0.29) is 5.54 Å². The van der Waals surface area contributed by atoms with Crippen molar-refractivity contribution in [3.63, 3.8) is 0 Å². The van der Waals surface area contributed by atoms with E-state index in [0.29, 0.717) is 6.54 Å². The van der Waals surface area contributed by atoms with Crippen molar-refractivity contribution in [1.82, 2.24) is 9.88 Å². The fourth-order valence-corrected chi connectivity index (χ4v) is 1.91. The average molecular weight is 251 g/mol. The minimum atomic E-state index is 0.0126. The third-order valence-corrected chi connectivity index (χ3v) is 3.74. The third-order valence-electron chi connectivity index (χ3n) is 3.74. The van der Waals surface area contributed by atoms with E-state index in [1.54, 1.807) is 7.11 Å². The van der Waals surface area contributed by atoms with Gasteiger partial charge < -0.3 is 10.5 Å². The fraction of sp³-hybridized carbons (Fsp3) is 0.643. The maximum Gasteiger partial charge on any atom is 0.122 e. The molecular formula is C14H25N3O. The van der Waals surface area contributed by atoms with E-state index < -0.39 is 0 Å². The van der Waals surface area contributed by atoms with Gasteiger partial charge in [0.2, 0.25) is 0 Å². The molecule has 1 unspecified atom stereocenters. The summed E-state index contributed by atoms with van der Waals surface area (Å²) in [7, 11) is 3.77. The maximum atomic E-state index is 5.87. The number of aromatic nitrogens is 1. The molecule has 0 fully saturated rings. The maximum absolute atomic E-state index is 5.87. The van der Waals surface area contributed by atoms with Crippen LogP contribution in [0, 0.1) is 6.92 Å². The zero-order valence-electron chi connectivity index (χ0n) is 12.2. The zero-order valence-corrected chi connectivity index (χ0v) is 12.2. The number of aryl methyl sites for hydroxylation is 1.